The molecule has 0 spiro atoms. The number of ether oxygens (including phenoxy) is 1. The summed E-state index contributed by atoms with van der Waals surface area (Å²) >= 11 is 1.67. The van der Waals surface area contributed by atoms with Crippen LogP contribution in [0.25, 0.3) is 10.6 Å². The van der Waals surface area contributed by atoms with Gasteiger partial charge >= 0.3 is 0 Å². The second-order valence-electron chi connectivity index (χ2n) is 4.42. The van der Waals surface area contributed by atoms with E-state index in [0.29, 0.717) is 12.5 Å². The second kappa shape index (κ2) is 5.50. The molecule has 0 aliphatic carbocycles. The molecule has 2 rings (SSSR count). The number of thiazole rings is 1. The van der Waals surface area contributed by atoms with Crippen molar-refractivity contribution in [3.8, 4) is 16.3 Å². The van der Waals surface area contributed by atoms with Crippen LogP contribution in [0.2, 0.25) is 0 Å². The first kappa shape index (κ1) is 13.1. The fraction of sp³-hybridized carbons (Fsp3) is 0.357. The Labute approximate surface area is 112 Å². The van der Waals surface area contributed by atoms with E-state index in [1.165, 1.54) is 4.88 Å². The van der Waals surface area contributed by atoms with Crippen LogP contribution in [0.3, 0.4) is 0 Å². The highest BCUT2D eigenvalue weighted by Gasteiger charge is 2.14. The minimum absolute atomic E-state index is 0.402. The van der Waals surface area contributed by atoms with Crippen LogP contribution in [-0.4, -0.2) is 12.1 Å². The van der Waals surface area contributed by atoms with Gasteiger partial charge in [-0.15, -0.1) is 11.3 Å². The third kappa shape index (κ3) is 2.54. The Bertz CT molecular complexity index is 534. The summed E-state index contributed by atoms with van der Waals surface area (Å²) in [6.07, 6.45) is 0. The van der Waals surface area contributed by atoms with E-state index in [2.05, 4.69) is 13.8 Å². The molecule has 0 bridgehead atoms. The predicted octanol–water partition coefficient (Wildman–Crippen LogP) is 3.40. The lowest BCUT2D eigenvalue weighted by Gasteiger charge is -2.02. The van der Waals surface area contributed by atoms with Crippen molar-refractivity contribution in [2.45, 2.75) is 26.3 Å². The largest absolute Gasteiger partial charge is 0.497 e. The first-order valence-electron chi connectivity index (χ1n) is 5.99. The summed E-state index contributed by atoms with van der Waals surface area (Å²) in [5, 5.41) is 1.01. The van der Waals surface area contributed by atoms with E-state index >= 15 is 0 Å². The average molecular weight is 262 g/mol. The summed E-state index contributed by atoms with van der Waals surface area (Å²) in [5.74, 6) is 1.25. The highest BCUT2D eigenvalue weighted by molar-refractivity contribution is 7.15. The Morgan fingerprint density at radius 2 is 2.17 bits per heavy atom. The predicted molar refractivity (Wildman–Crippen MR) is 76.1 cm³/mol. The molecule has 0 aliphatic rings. The van der Waals surface area contributed by atoms with Crippen molar-refractivity contribution in [3.05, 3.63) is 34.8 Å². The Balaban J connectivity index is 2.44. The number of rotatable bonds is 4. The third-order valence-corrected chi connectivity index (χ3v) is 3.92. The van der Waals surface area contributed by atoms with Gasteiger partial charge in [-0.2, -0.15) is 0 Å². The molecule has 18 heavy (non-hydrogen) atoms. The Morgan fingerprint density at radius 1 is 1.39 bits per heavy atom. The zero-order valence-corrected chi connectivity index (χ0v) is 11.8. The van der Waals surface area contributed by atoms with Crippen molar-refractivity contribution < 1.29 is 4.74 Å². The fourth-order valence-corrected chi connectivity index (χ4v) is 2.93. The maximum atomic E-state index is 5.78. The van der Waals surface area contributed by atoms with E-state index < -0.39 is 0 Å². The molecule has 0 fully saturated rings. The lowest BCUT2D eigenvalue weighted by Crippen LogP contribution is -1.99. The molecule has 2 aromatic rings. The van der Waals surface area contributed by atoms with Crippen LogP contribution < -0.4 is 10.5 Å². The second-order valence-corrected chi connectivity index (χ2v) is 5.50. The fourth-order valence-electron chi connectivity index (χ4n) is 1.84. The van der Waals surface area contributed by atoms with Crippen molar-refractivity contribution in [1.82, 2.24) is 4.98 Å². The van der Waals surface area contributed by atoms with E-state index in [1.807, 2.05) is 24.3 Å². The molecule has 1 aromatic carbocycles. The van der Waals surface area contributed by atoms with Crippen molar-refractivity contribution in [3.63, 3.8) is 0 Å². The van der Waals surface area contributed by atoms with Crippen LogP contribution in [0.5, 0.6) is 5.75 Å². The quantitative estimate of drug-likeness (QED) is 0.918. The highest BCUT2D eigenvalue weighted by Crippen LogP contribution is 2.32. The molecule has 2 N–H and O–H groups in total. The Kier molecular flexibility index (Phi) is 3.99. The number of nitrogens with zero attached hydrogens (tertiary/aromatic N) is 1. The molecule has 0 aliphatic heterocycles. The van der Waals surface area contributed by atoms with Gasteiger partial charge in [0.25, 0.3) is 0 Å². The monoisotopic (exact) mass is 262 g/mol. The highest BCUT2D eigenvalue weighted by atomic mass is 32.1. The Hall–Kier alpha value is -1.39. The maximum Gasteiger partial charge on any atom is 0.124 e. The minimum Gasteiger partial charge on any atom is -0.497 e. The van der Waals surface area contributed by atoms with E-state index in [-0.39, 0.29) is 0 Å². The van der Waals surface area contributed by atoms with E-state index in [9.17, 15) is 0 Å². The SMILES string of the molecule is COc1cccc(-c2nc(C(C)C)c(CN)s2)c1. The molecule has 0 radical (unpaired) electrons. The van der Waals surface area contributed by atoms with Crippen LogP contribution in [0.1, 0.15) is 30.3 Å². The van der Waals surface area contributed by atoms with Gasteiger partial charge in [-0.3, -0.25) is 0 Å². The van der Waals surface area contributed by atoms with E-state index in [1.54, 1.807) is 18.4 Å². The van der Waals surface area contributed by atoms with Crippen LogP contribution in [-0.2, 0) is 6.54 Å². The van der Waals surface area contributed by atoms with Crippen LogP contribution in [0.15, 0.2) is 24.3 Å². The Morgan fingerprint density at radius 3 is 2.72 bits per heavy atom. The van der Waals surface area contributed by atoms with Crippen molar-refractivity contribution in [1.29, 1.82) is 0 Å². The van der Waals surface area contributed by atoms with Crippen molar-refractivity contribution in [2.24, 2.45) is 5.73 Å². The number of methoxy groups -OCH3 is 1. The molecule has 0 unspecified atom stereocenters. The molecule has 4 heteroatoms. The van der Waals surface area contributed by atoms with Gasteiger partial charge in [0.15, 0.2) is 0 Å². The van der Waals surface area contributed by atoms with Gasteiger partial charge in [0.05, 0.1) is 12.8 Å². The zero-order valence-electron chi connectivity index (χ0n) is 10.9. The zero-order chi connectivity index (χ0) is 13.1. The summed E-state index contributed by atoms with van der Waals surface area (Å²) in [6.45, 7) is 4.84. The molecule has 0 saturated carbocycles. The first-order chi connectivity index (χ1) is 8.65. The van der Waals surface area contributed by atoms with Gasteiger partial charge in [-0.05, 0) is 18.1 Å². The topological polar surface area (TPSA) is 48.1 Å². The molecule has 0 amide bonds. The van der Waals surface area contributed by atoms with Gasteiger partial charge in [0, 0.05) is 17.0 Å². The number of benzene rings is 1. The normalized spacial score (nSPS) is 10.9. The number of hydrogen-bond acceptors (Lipinski definition) is 4. The van der Waals surface area contributed by atoms with E-state index in [0.717, 1.165) is 22.0 Å². The standard InChI is InChI=1S/C14H18N2OS/c1-9(2)13-12(8-15)18-14(16-13)10-5-4-6-11(7-10)17-3/h4-7,9H,8,15H2,1-3H3. The van der Waals surface area contributed by atoms with Crippen LogP contribution >= 0.6 is 11.3 Å². The minimum atomic E-state index is 0.402. The molecule has 1 aromatic heterocycles. The summed E-state index contributed by atoms with van der Waals surface area (Å²) in [5.41, 5.74) is 7.98. The van der Waals surface area contributed by atoms with Gasteiger partial charge < -0.3 is 10.5 Å². The van der Waals surface area contributed by atoms with Crippen molar-refractivity contribution in [2.75, 3.05) is 7.11 Å². The number of nitrogens with two attached hydrogens (primary N) is 1. The van der Waals surface area contributed by atoms with Crippen LogP contribution in [0, 0.1) is 0 Å². The maximum absolute atomic E-state index is 5.78. The van der Waals surface area contributed by atoms with Crippen LogP contribution in [0.4, 0.5) is 0 Å². The van der Waals surface area contributed by atoms with E-state index in [4.69, 9.17) is 15.5 Å². The molecule has 96 valence electrons. The first-order valence-corrected chi connectivity index (χ1v) is 6.81. The molecular formula is C14H18N2OS. The third-order valence-electron chi connectivity index (χ3n) is 2.78. The van der Waals surface area contributed by atoms with Gasteiger partial charge in [-0.1, -0.05) is 26.0 Å². The van der Waals surface area contributed by atoms with Gasteiger partial charge in [0.1, 0.15) is 10.8 Å². The molecule has 1 heterocycles. The lowest BCUT2D eigenvalue weighted by molar-refractivity contribution is 0.415. The van der Waals surface area contributed by atoms with Gasteiger partial charge in [-0.25, -0.2) is 4.98 Å². The molecular weight excluding hydrogens is 244 g/mol. The molecule has 3 nitrogen and oxygen atoms in total. The average Bonchev–Trinajstić information content (AvgIpc) is 2.83. The lowest BCUT2D eigenvalue weighted by atomic mass is 10.1. The summed E-state index contributed by atoms with van der Waals surface area (Å²) in [6, 6.07) is 7.96. The summed E-state index contributed by atoms with van der Waals surface area (Å²) in [7, 11) is 1.67. The summed E-state index contributed by atoms with van der Waals surface area (Å²) < 4.78 is 5.24. The number of aromatic nitrogens is 1. The van der Waals surface area contributed by atoms with Gasteiger partial charge in [0.2, 0.25) is 0 Å². The van der Waals surface area contributed by atoms with Crippen molar-refractivity contribution >= 4 is 11.3 Å². The summed E-state index contributed by atoms with van der Waals surface area (Å²) in [4.78, 5) is 5.88. The number of hydrogen-bond donors (Lipinski definition) is 1. The smallest absolute Gasteiger partial charge is 0.124 e. The molecule has 0 atom stereocenters. The molecule has 0 saturated heterocycles.